The molecule has 1 fully saturated rings. The molecule has 9 nitrogen and oxygen atoms in total. The van der Waals surface area contributed by atoms with Crippen LogP contribution in [0.3, 0.4) is 0 Å². The third kappa shape index (κ3) is 12.4. The highest BCUT2D eigenvalue weighted by atomic mass is 16.2. The highest BCUT2D eigenvalue weighted by Crippen LogP contribution is 2.26. The fraction of sp³-hybridized carbons (Fsp3) is 0.792. The van der Waals surface area contributed by atoms with Crippen LogP contribution in [0.5, 0.6) is 0 Å². The number of nitrogens with one attached hydrogen (secondary N) is 3. The second kappa shape index (κ2) is 16.2. The summed E-state index contributed by atoms with van der Waals surface area (Å²) in [5.74, 6) is -1.22. The maximum Gasteiger partial charge on any atom is 0.242 e. The van der Waals surface area contributed by atoms with E-state index in [9.17, 15) is 24.0 Å². The zero-order valence-corrected chi connectivity index (χ0v) is 21.5. The van der Waals surface area contributed by atoms with Gasteiger partial charge in [0.15, 0.2) is 0 Å². The molecule has 0 aliphatic carbocycles. The summed E-state index contributed by atoms with van der Waals surface area (Å²) in [7, 11) is 0. The second-order valence-electron chi connectivity index (χ2n) is 9.19. The molecular weight excluding hydrogens is 424 g/mol. The van der Waals surface area contributed by atoms with Gasteiger partial charge in [0.05, 0.1) is 6.54 Å². The van der Waals surface area contributed by atoms with Gasteiger partial charge in [0.2, 0.25) is 29.5 Å². The fourth-order valence-electron chi connectivity index (χ4n) is 3.23. The van der Waals surface area contributed by atoms with E-state index >= 15 is 0 Å². The minimum atomic E-state index is -0.678. The van der Waals surface area contributed by atoms with Crippen LogP contribution in [0.2, 0.25) is 0 Å². The molecule has 0 aromatic carbocycles. The lowest BCUT2D eigenvalue weighted by Crippen LogP contribution is -2.49. The summed E-state index contributed by atoms with van der Waals surface area (Å²) < 4.78 is 0. The van der Waals surface area contributed by atoms with Crippen molar-refractivity contribution in [2.45, 2.75) is 99.1 Å². The van der Waals surface area contributed by atoms with Gasteiger partial charge in [-0.05, 0) is 39.5 Å². The number of amides is 5. The lowest BCUT2D eigenvalue weighted by Gasteiger charge is -2.16. The number of rotatable bonds is 12. The Balaban J connectivity index is -0.000000810. The van der Waals surface area contributed by atoms with Crippen LogP contribution in [0.1, 0.15) is 91.3 Å². The van der Waals surface area contributed by atoms with E-state index < -0.39 is 11.9 Å². The standard InChI is InChI=1S/C21H36N4O5.C3H8.3H2/c1-13(2)16-11-19(28)25(21(16)30)10-8-6-7-9-17(26)22-12-18(27)24-15(5)20(29)23-14(3)4;1-3-2;;;/h13-16H,6-12H2,1-5H3,(H,22,26)(H,23,29)(H,24,27);3H2,1-2H3;3*1H/t15-,16?;;;;/m0..../s1. The lowest BCUT2D eigenvalue weighted by atomic mass is 9.94. The molecule has 0 aromatic rings. The number of unbranched alkanes of at least 4 members (excludes halogenated alkanes) is 2. The Kier molecular flexibility index (Phi) is 15.0. The van der Waals surface area contributed by atoms with E-state index in [4.69, 9.17) is 0 Å². The van der Waals surface area contributed by atoms with Gasteiger partial charge < -0.3 is 16.0 Å². The Morgan fingerprint density at radius 1 is 0.970 bits per heavy atom. The van der Waals surface area contributed by atoms with Gasteiger partial charge in [-0.2, -0.15) is 0 Å². The Bertz CT molecular complexity index is 678. The molecule has 0 aromatic heterocycles. The Hall–Kier alpha value is -2.45. The Morgan fingerprint density at radius 3 is 2.09 bits per heavy atom. The molecule has 0 radical (unpaired) electrons. The number of nitrogens with zero attached hydrogens (tertiary/aromatic N) is 1. The van der Waals surface area contributed by atoms with Crippen LogP contribution in [0.4, 0.5) is 0 Å². The van der Waals surface area contributed by atoms with Crippen molar-refractivity contribution in [3.63, 3.8) is 0 Å². The predicted molar refractivity (Wildman–Crippen MR) is 134 cm³/mol. The first-order chi connectivity index (χ1) is 15.4. The molecule has 2 atom stereocenters. The quantitative estimate of drug-likeness (QED) is 0.296. The van der Waals surface area contributed by atoms with Crippen molar-refractivity contribution in [1.29, 1.82) is 0 Å². The van der Waals surface area contributed by atoms with Crippen molar-refractivity contribution in [2.24, 2.45) is 11.8 Å². The fourth-order valence-corrected chi connectivity index (χ4v) is 3.23. The van der Waals surface area contributed by atoms with Crippen molar-refractivity contribution in [1.82, 2.24) is 20.9 Å². The molecule has 9 heteroatoms. The predicted octanol–water partition coefficient (Wildman–Crippen LogP) is 2.88. The molecule has 196 valence electrons. The van der Waals surface area contributed by atoms with E-state index in [1.807, 2.05) is 27.7 Å². The molecule has 0 bridgehead atoms. The maximum atomic E-state index is 12.2. The van der Waals surface area contributed by atoms with Gasteiger partial charge in [0.25, 0.3) is 0 Å². The summed E-state index contributed by atoms with van der Waals surface area (Å²) in [5.41, 5.74) is 0. The monoisotopic (exact) mass is 474 g/mol. The molecule has 1 unspecified atom stereocenters. The number of carbonyl (C=O) groups is 5. The third-order valence-corrected chi connectivity index (χ3v) is 5.02. The number of hydrogen-bond donors (Lipinski definition) is 3. The smallest absolute Gasteiger partial charge is 0.242 e. The molecule has 33 heavy (non-hydrogen) atoms. The van der Waals surface area contributed by atoms with Gasteiger partial charge in [-0.3, -0.25) is 28.9 Å². The molecule has 1 aliphatic heterocycles. The van der Waals surface area contributed by atoms with Crippen molar-refractivity contribution in [3.8, 4) is 0 Å². The molecule has 0 spiro atoms. The van der Waals surface area contributed by atoms with Crippen LogP contribution >= 0.6 is 0 Å². The van der Waals surface area contributed by atoms with E-state index in [1.54, 1.807) is 6.92 Å². The topological polar surface area (TPSA) is 125 Å². The minimum absolute atomic E-state index is 0. The van der Waals surface area contributed by atoms with Crippen LogP contribution in [0, 0.1) is 11.8 Å². The lowest BCUT2D eigenvalue weighted by molar-refractivity contribution is -0.140. The minimum Gasteiger partial charge on any atom is -0.352 e. The van der Waals surface area contributed by atoms with E-state index in [0.717, 1.165) is 0 Å². The van der Waals surface area contributed by atoms with Crippen molar-refractivity contribution < 1.29 is 28.3 Å². The highest BCUT2D eigenvalue weighted by Gasteiger charge is 2.39. The van der Waals surface area contributed by atoms with Gasteiger partial charge >= 0.3 is 0 Å². The molecule has 5 amide bonds. The third-order valence-electron chi connectivity index (χ3n) is 5.02. The summed E-state index contributed by atoms with van der Waals surface area (Å²) >= 11 is 0. The molecule has 1 aliphatic rings. The molecule has 1 rings (SSSR count). The summed E-state index contributed by atoms with van der Waals surface area (Å²) in [6.07, 6.45) is 3.75. The van der Waals surface area contributed by atoms with Gasteiger partial charge in [0.1, 0.15) is 6.04 Å². The van der Waals surface area contributed by atoms with Gasteiger partial charge in [-0.15, -0.1) is 0 Å². The summed E-state index contributed by atoms with van der Waals surface area (Å²) in [5, 5.41) is 7.76. The van der Waals surface area contributed by atoms with E-state index in [2.05, 4.69) is 29.8 Å². The number of likely N-dealkylation sites (tertiary alicyclic amines) is 1. The zero-order valence-electron chi connectivity index (χ0n) is 21.5. The van der Waals surface area contributed by atoms with E-state index in [1.165, 1.54) is 11.3 Å². The first-order valence-corrected chi connectivity index (χ1v) is 12.1. The van der Waals surface area contributed by atoms with Crippen LogP contribution in [0.25, 0.3) is 0 Å². The van der Waals surface area contributed by atoms with Gasteiger partial charge in [-0.1, -0.05) is 40.5 Å². The molecule has 1 saturated heterocycles. The largest absolute Gasteiger partial charge is 0.352 e. The number of carbonyl (C=O) groups excluding carboxylic acids is 5. The van der Waals surface area contributed by atoms with E-state index in [0.29, 0.717) is 32.2 Å². The number of hydrogen-bond acceptors (Lipinski definition) is 5. The molecular formula is C24H50N4O5. The van der Waals surface area contributed by atoms with Gasteiger partial charge in [0, 0.05) is 35.6 Å². The number of imide groups is 1. The SMILES string of the molecule is CC(C)NC(=O)[C@H](C)NC(=O)CNC(=O)CCCCCN1C(=O)CC(C(C)C)C1=O.CCC.[HH].[HH].[HH]. The first-order valence-electron chi connectivity index (χ1n) is 12.1. The average Bonchev–Trinajstić information content (AvgIpc) is 3.00. The molecule has 3 N–H and O–H groups in total. The molecule has 0 saturated carbocycles. The normalized spacial score (nSPS) is 16.4. The summed E-state index contributed by atoms with van der Waals surface area (Å²) in [4.78, 5) is 61.0. The van der Waals surface area contributed by atoms with Crippen molar-refractivity contribution in [2.75, 3.05) is 13.1 Å². The van der Waals surface area contributed by atoms with Crippen LogP contribution in [-0.4, -0.2) is 59.6 Å². The maximum absolute atomic E-state index is 12.2. The van der Waals surface area contributed by atoms with Gasteiger partial charge in [-0.25, -0.2) is 0 Å². The van der Waals surface area contributed by atoms with Crippen molar-refractivity contribution in [3.05, 3.63) is 0 Å². The second-order valence-corrected chi connectivity index (χ2v) is 9.19. The summed E-state index contributed by atoms with van der Waals surface area (Å²) in [6.45, 7) is 13.6. The Labute approximate surface area is 203 Å². The van der Waals surface area contributed by atoms with Crippen molar-refractivity contribution >= 4 is 29.5 Å². The average molecular weight is 475 g/mol. The van der Waals surface area contributed by atoms with Crippen LogP contribution < -0.4 is 16.0 Å². The molecule has 1 heterocycles. The summed E-state index contributed by atoms with van der Waals surface area (Å²) in [6, 6.07) is -0.696. The highest BCUT2D eigenvalue weighted by molar-refractivity contribution is 6.03. The zero-order chi connectivity index (χ0) is 25.6. The Morgan fingerprint density at radius 2 is 1.58 bits per heavy atom. The van der Waals surface area contributed by atoms with E-state index in [-0.39, 0.29) is 58.8 Å². The first kappa shape index (κ1) is 30.6. The van der Waals surface area contributed by atoms with Crippen LogP contribution in [0.15, 0.2) is 0 Å². The van der Waals surface area contributed by atoms with Crippen LogP contribution in [-0.2, 0) is 24.0 Å².